The molecule has 2 heterocycles. The minimum atomic E-state index is 0.543. The number of nitrogens with zero attached hydrogens (tertiary/aromatic N) is 4. The Morgan fingerprint density at radius 3 is 2.82 bits per heavy atom. The van der Waals surface area contributed by atoms with Crippen molar-refractivity contribution >= 4 is 11.8 Å². The fourth-order valence-electron chi connectivity index (χ4n) is 2.15. The second kappa shape index (κ2) is 6.79. The van der Waals surface area contributed by atoms with Crippen molar-refractivity contribution in [1.29, 1.82) is 0 Å². The number of thioether (sulfide) groups is 1. The van der Waals surface area contributed by atoms with Crippen LogP contribution in [0.25, 0.3) is 11.5 Å². The molecule has 2 aromatic heterocycles. The van der Waals surface area contributed by atoms with Gasteiger partial charge in [-0.05, 0) is 18.4 Å². The molecule has 0 N–H and O–H groups in total. The molecule has 0 radical (unpaired) electrons. The maximum atomic E-state index is 5.54. The van der Waals surface area contributed by atoms with Crippen LogP contribution in [0.5, 0.6) is 0 Å². The summed E-state index contributed by atoms with van der Waals surface area (Å²) in [6.45, 7) is 2.75. The third-order valence-electron chi connectivity index (χ3n) is 3.38. The van der Waals surface area contributed by atoms with Crippen LogP contribution in [0.4, 0.5) is 0 Å². The highest BCUT2D eigenvalue weighted by molar-refractivity contribution is 7.99. The zero-order chi connectivity index (χ0) is 15.4. The van der Waals surface area contributed by atoms with Gasteiger partial charge in [0.15, 0.2) is 0 Å². The summed E-state index contributed by atoms with van der Waals surface area (Å²) in [5.41, 5.74) is 2.82. The number of oxazole rings is 1. The Labute approximate surface area is 133 Å². The molecule has 0 bridgehead atoms. The fourth-order valence-corrected chi connectivity index (χ4v) is 2.48. The molecule has 0 aliphatic carbocycles. The van der Waals surface area contributed by atoms with Crippen LogP contribution in [0, 0.1) is 0 Å². The highest BCUT2D eigenvalue weighted by Crippen LogP contribution is 2.18. The lowest BCUT2D eigenvalue weighted by molar-refractivity contribution is 0.568. The highest BCUT2D eigenvalue weighted by Gasteiger charge is 2.09. The first-order valence-corrected chi connectivity index (χ1v) is 8.45. The molecule has 0 amide bonds. The average molecular weight is 314 g/mol. The summed E-state index contributed by atoms with van der Waals surface area (Å²) in [6.07, 6.45) is 6.68. The summed E-state index contributed by atoms with van der Waals surface area (Å²) in [7, 11) is 0. The van der Waals surface area contributed by atoms with Crippen molar-refractivity contribution in [2.45, 2.75) is 25.1 Å². The molecule has 1 atom stereocenters. The van der Waals surface area contributed by atoms with Crippen LogP contribution in [0.2, 0.25) is 0 Å². The van der Waals surface area contributed by atoms with Crippen LogP contribution < -0.4 is 0 Å². The van der Waals surface area contributed by atoms with E-state index < -0.39 is 0 Å². The van der Waals surface area contributed by atoms with Gasteiger partial charge < -0.3 is 4.42 Å². The Morgan fingerprint density at radius 1 is 1.23 bits per heavy atom. The van der Waals surface area contributed by atoms with Crippen molar-refractivity contribution < 1.29 is 4.42 Å². The maximum absolute atomic E-state index is 5.54. The maximum Gasteiger partial charge on any atom is 0.226 e. The van der Waals surface area contributed by atoms with Crippen LogP contribution in [0.15, 0.2) is 47.2 Å². The van der Waals surface area contributed by atoms with Gasteiger partial charge in [-0.3, -0.25) is 0 Å². The summed E-state index contributed by atoms with van der Waals surface area (Å²) in [5, 5.41) is 8.91. The first kappa shape index (κ1) is 14.8. The van der Waals surface area contributed by atoms with E-state index in [9.17, 15) is 0 Å². The van der Waals surface area contributed by atoms with E-state index in [-0.39, 0.29) is 0 Å². The topological polar surface area (TPSA) is 56.7 Å². The van der Waals surface area contributed by atoms with Gasteiger partial charge in [-0.15, -0.1) is 5.10 Å². The van der Waals surface area contributed by atoms with Crippen LogP contribution in [0.3, 0.4) is 0 Å². The first-order chi connectivity index (χ1) is 10.7. The Kier molecular flexibility index (Phi) is 4.58. The molecule has 0 saturated carbocycles. The summed E-state index contributed by atoms with van der Waals surface area (Å²) in [6, 6.07) is 9.87. The number of aromatic nitrogens is 4. The smallest absolute Gasteiger partial charge is 0.226 e. The van der Waals surface area contributed by atoms with Crippen molar-refractivity contribution in [1.82, 2.24) is 20.0 Å². The van der Waals surface area contributed by atoms with Crippen LogP contribution in [-0.2, 0) is 13.0 Å². The van der Waals surface area contributed by atoms with E-state index in [1.165, 1.54) is 0 Å². The molecule has 6 heteroatoms. The molecule has 0 unspecified atom stereocenters. The van der Waals surface area contributed by atoms with Crippen molar-refractivity contribution in [3.63, 3.8) is 0 Å². The highest BCUT2D eigenvalue weighted by atomic mass is 32.2. The predicted octanol–water partition coefficient (Wildman–Crippen LogP) is 3.28. The molecule has 0 aliphatic rings. The van der Waals surface area contributed by atoms with E-state index in [0.29, 0.717) is 17.7 Å². The third kappa shape index (κ3) is 3.57. The molecule has 22 heavy (non-hydrogen) atoms. The number of benzene rings is 1. The summed E-state index contributed by atoms with van der Waals surface area (Å²) >= 11 is 1.83. The van der Waals surface area contributed by atoms with Gasteiger partial charge in [0.25, 0.3) is 0 Å². The molecule has 3 aromatic rings. The molecule has 114 valence electrons. The lowest BCUT2D eigenvalue weighted by Crippen LogP contribution is -2.01. The second-order valence-corrected chi connectivity index (χ2v) is 6.44. The van der Waals surface area contributed by atoms with Gasteiger partial charge in [0.2, 0.25) is 5.89 Å². The van der Waals surface area contributed by atoms with E-state index in [1.807, 2.05) is 48.3 Å². The minimum Gasteiger partial charge on any atom is -0.444 e. The zero-order valence-electron chi connectivity index (χ0n) is 12.6. The number of hydrogen-bond donors (Lipinski definition) is 0. The van der Waals surface area contributed by atoms with Crippen molar-refractivity contribution in [2.75, 3.05) is 6.26 Å². The van der Waals surface area contributed by atoms with Gasteiger partial charge in [0, 0.05) is 23.4 Å². The van der Waals surface area contributed by atoms with Crippen molar-refractivity contribution in [3.8, 4) is 11.5 Å². The van der Waals surface area contributed by atoms with E-state index >= 15 is 0 Å². The lowest BCUT2D eigenvalue weighted by Gasteiger charge is -2.03. The van der Waals surface area contributed by atoms with Crippen LogP contribution in [-0.4, -0.2) is 31.5 Å². The van der Waals surface area contributed by atoms with Gasteiger partial charge in [0.1, 0.15) is 12.0 Å². The van der Waals surface area contributed by atoms with Gasteiger partial charge in [-0.1, -0.05) is 30.3 Å². The Morgan fingerprint density at radius 2 is 2.05 bits per heavy atom. The number of hydrogen-bond acceptors (Lipinski definition) is 5. The molecule has 0 saturated heterocycles. The Bertz CT molecular complexity index is 723. The largest absolute Gasteiger partial charge is 0.444 e. The van der Waals surface area contributed by atoms with Crippen molar-refractivity contribution in [3.05, 3.63) is 54.2 Å². The molecule has 1 aromatic carbocycles. The zero-order valence-corrected chi connectivity index (χ0v) is 13.5. The monoisotopic (exact) mass is 314 g/mol. The van der Waals surface area contributed by atoms with Crippen molar-refractivity contribution in [2.24, 2.45) is 0 Å². The van der Waals surface area contributed by atoms with Gasteiger partial charge in [0.05, 0.1) is 12.2 Å². The van der Waals surface area contributed by atoms with Crippen LogP contribution in [0.1, 0.15) is 18.3 Å². The summed E-state index contributed by atoms with van der Waals surface area (Å²) < 4.78 is 7.34. The summed E-state index contributed by atoms with van der Waals surface area (Å²) in [4.78, 5) is 4.50. The molecular formula is C16H18N4OS. The van der Waals surface area contributed by atoms with Gasteiger partial charge in [-0.2, -0.15) is 11.8 Å². The normalized spacial score (nSPS) is 12.5. The third-order valence-corrected chi connectivity index (χ3v) is 4.35. The minimum absolute atomic E-state index is 0.543. The SMILES string of the molecule is CS[C@@H](C)Cc1cn(Cc2coc(-c3ccccc3)n2)nn1. The van der Waals surface area contributed by atoms with E-state index in [4.69, 9.17) is 4.42 Å². The second-order valence-electron chi connectivity index (χ2n) is 5.17. The first-order valence-electron chi connectivity index (χ1n) is 7.16. The molecule has 5 nitrogen and oxygen atoms in total. The number of rotatable bonds is 6. The van der Waals surface area contributed by atoms with Crippen LogP contribution >= 0.6 is 11.8 Å². The molecule has 0 fully saturated rings. The van der Waals surface area contributed by atoms with E-state index in [2.05, 4.69) is 28.5 Å². The Balaban J connectivity index is 1.68. The fraction of sp³-hybridized carbons (Fsp3) is 0.312. The Hall–Kier alpha value is -2.08. The van der Waals surface area contributed by atoms with Gasteiger partial charge in [-0.25, -0.2) is 9.67 Å². The average Bonchev–Trinajstić information content (AvgIpc) is 3.18. The quantitative estimate of drug-likeness (QED) is 0.699. The lowest BCUT2D eigenvalue weighted by atomic mass is 10.2. The molecule has 3 rings (SSSR count). The standard InChI is InChI=1S/C16H18N4OS/c1-12(22-2)8-14-9-20(19-18-14)10-15-11-21-16(17-15)13-6-4-3-5-7-13/h3-7,9,11-12H,8,10H2,1-2H3/t12-/m0/s1. The predicted molar refractivity (Wildman–Crippen MR) is 87.7 cm³/mol. The van der Waals surface area contributed by atoms with Gasteiger partial charge >= 0.3 is 0 Å². The van der Waals surface area contributed by atoms with E-state index in [0.717, 1.165) is 23.4 Å². The molecule has 0 aliphatic heterocycles. The van der Waals surface area contributed by atoms with E-state index in [1.54, 1.807) is 10.9 Å². The summed E-state index contributed by atoms with van der Waals surface area (Å²) in [5.74, 6) is 0.631. The molecule has 0 spiro atoms. The molecular weight excluding hydrogens is 296 g/mol.